The third kappa shape index (κ3) is 4.72. The minimum Gasteiger partial charge on any atom is -0.384 e. The number of nitrogens with two attached hydrogens (primary N) is 1. The van der Waals surface area contributed by atoms with E-state index in [9.17, 15) is 8.42 Å². The van der Waals surface area contributed by atoms with Crippen LogP contribution in [0, 0.1) is 0 Å². The summed E-state index contributed by atoms with van der Waals surface area (Å²) in [6.07, 6.45) is 2.87. The van der Waals surface area contributed by atoms with Crippen LogP contribution in [0.3, 0.4) is 0 Å². The predicted molar refractivity (Wildman–Crippen MR) is 67.7 cm³/mol. The molecule has 17 heavy (non-hydrogen) atoms. The van der Waals surface area contributed by atoms with Crippen molar-refractivity contribution in [3.05, 3.63) is 24.3 Å². The van der Waals surface area contributed by atoms with Gasteiger partial charge < -0.3 is 11.1 Å². The summed E-state index contributed by atoms with van der Waals surface area (Å²) < 4.78 is 31.2. The van der Waals surface area contributed by atoms with Gasteiger partial charge in [0.05, 0.1) is 5.69 Å². The van der Waals surface area contributed by atoms with Gasteiger partial charge in [-0.2, -0.15) is 8.42 Å². The molecule has 5 nitrogen and oxygen atoms in total. The van der Waals surface area contributed by atoms with E-state index in [4.69, 9.17) is 10.3 Å². The highest BCUT2D eigenvalue weighted by atomic mass is 32.2. The lowest BCUT2D eigenvalue weighted by molar-refractivity contribution is 0.483. The van der Waals surface area contributed by atoms with E-state index in [2.05, 4.69) is 5.32 Å². The molecular weight excluding hydrogens is 240 g/mol. The van der Waals surface area contributed by atoms with Gasteiger partial charge in [0.15, 0.2) is 0 Å². The Morgan fingerprint density at radius 2 is 1.88 bits per heavy atom. The number of hydrogen-bond donors (Lipinski definition) is 3. The van der Waals surface area contributed by atoms with Crippen LogP contribution in [0.1, 0.15) is 19.3 Å². The highest BCUT2D eigenvalue weighted by molar-refractivity contribution is 7.86. The fraction of sp³-hybridized carbons (Fsp3) is 0.455. The molecule has 0 radical (unpaired) electrons. The summed E-state index contributed by atoms with van der Waals surface area (Å²) in [7, 11) is -4.16. The molecule has 0 saturated heterocycles. The summed E-state index contributed by atoms with van der Waals surface area (Å²) >= 11 is 0. The van der Waals surface area contributed by atoms with Gasteiger partial charge in [-0.15, -0.1) is 0 Å². The lowest BCUT2D eigenvalue weighted by Crippen LogP contribution is -2.08. The summed E-state index contributed by atoms with van der Waals surface area (Å²) in [5, 5.41) is 3.00. The van der Waals surface area contributed by atoms with E-state index in [0.29, 0.717) is 18.8 Å². The first-order valence-corrected chi connectivity index (χ1v) is 7.00. The molecule has 0 bridgehead atoms. The quantitative estimate of drug-likeness (QED) is 0.509. The first-order chi connectivity index (χ1) is 8.05. The Balaban J connectivity index is 2.59. The van der Waals surface area contributed by atoms with E-state index in [0.717, 1.165) is 19.3 Å². The molecule has 1 aromatic carbocycles. The largest absolute Gasteiger partial charge is 0.384 e. The van der Waals surface area contributed by atoms with E-state index < -0.39 is 10.1 Å². The van der Waals surface area contributed by atoms with Gasteiger partial charge in [0.25, 0.3) is 10.1 Å². The molecule has 0 aliphatic rings. The molecule has 4 N–H and O–H groups in total. The van der Waals surface area contributed by atoms with Crippen molar-refractivity contribution >= 4 is 15.8 Å². The normalized spacial score (nSPS) is 11.4. The van der Waals surface area contributed by atoms with E-state index in [1.165, 1.54) is 6.07 Å². The Kier molecular flexibility index (Phi) is 5.40. The molecule has 0 heterocycles. The Morgan fingerprint density at radius 1 is 1.18 bits per heavy atom. The first kappa shape index (κ1) is 14.0. The highest BCUT2D eigenvalue weighted by Gasteiger charge is 2.13. The monoisotopic (exact) mass is 258 g/mol. The van der Waals surface area contributed by atoms with Crippen molar-refractivity contribution in [2.24, 2.45) is 5.73 Å². The van der Waals surface area contributed by atoms with Crippen molar-refractivity contribution in [2.75, 3.05) is 18.4 Å². The molecular formula is C11H18N2O3S. The molecule has 0 aliphatic carbocycles. The summed E-state index contributed by atoms with van der Waals surface area (Å²) in [4.78, 5) is -0.0844. The van der Waals surface area contributed by atoms with Gasteiger partial charge in [0, 0.05) is 6.54 Å². The molecule has 0 fully saturated rings. The van der Waals surface area contributed by atoms with Crippen LogP contribution in [0.5, 0.6) is 0 Å². The second kappa shape index (κ2) is 6.58. The van der Waals surface area contributed by atoms with Crippen molar-refractivity contribution in [3.63, 3.8) is 0 Å². The molecule has 6 heteroatoms. The lowest BCUT2D eigenvalue weighted by Gasteiger charge is -2.09. The number of rotatable bonds is 7. The van der Waals surface area contributed by atoms with Crippen molar-refractivity contribution in [3.8, 4) is 0 Å². The average Bonchev–Trinajstić information content (AvgIpc) is 2.28. The van der Waals surface area contributed by atoms with Crippen molar-refractivity contribution < 1.29 is 13.0 Å². The number of nitrogens with one attached hydrogen (secondary N) is 1. The third-order valence-corrected chi connectivity index (χ3v) is 3.27. The van der Waals surface area contributed by atoms with Gasteiger partial charge in [-0.1, -0.05) is 18.6 Å². The molecule has 0 unspecified atom stereocenters. The Hall–Kier alpha value is -1.11. The van der Waals surface area contributed by atoms with Crippen LogP contribution >= 0.6 is 0 Å². The van der Waals surface area contributed by atoms with Crippen LogP contribution in [0.15, 0.2) is 29.2 Å². The number of hydrogen-bond acceptors (Lipinski definition) is 4. The number of para-hydroxylation sites is 1. The van der Waals surface area contributed by atoms with E-state index >= 15 is 0 Å². The minimum atomic E-state index is -4.16. The molecule has 0 atom stereocenters. The summed E-state index contributed by atoms with van der Waals surface area (Å²) in [6, 6.07) is 6.29. The topological polar surface area (TPSA) is 92.4 Å². The molecule has 1 rings (SSSR count). The van der Waals surface area contributed by atoms with Crippen molar-refractivity contribution in [2.45, 2.75) is 24.2 Å². The third-order valence-electron chi connectivity index (χ3n) is 2.36. The summed E-state index contributed by atoms with van der Waals surface area (Å²) in [6.45, 7) is 1.33. The van der Waals surface area contributed by atoms with Crippen molar-refractivity contribution in [1.82, 2.24) is 0 Å². The fourth-order valence-corrected chi connectivity index (χ4v) is 2.18. The Bertz CT molecular complexity index is 446. The van der Waals surface area contributed by atoms with Crippen LogP contribution < -0.4 is 11.1 Å². The number of anilines is 1. The van der Waals surface area contributed by atoms with Gasteiger partial charge in [-0.3, -0.25) is 4.55 Å². The SMILES string of the molecule is NCCCCCNc1ccccc1S(=O)(=O)O. The first-order valence-electron chi connectivity index (χ1n) is 5.56. The number of benzene rings is 1. The zero-order valence-corrected chi connectivity index (χ0v) is 10.4. The minimum absolute atomic E-state index is 0.0844. The zero-order chi connectivity index (χ0) is 12.7. The van der Waals surface area contributed by atoms with Crippen molar-refractivity contribution in [1.29, 1.82) is 0 Å². The van der Waals surface area contributed by atoms with Crippen LogP contribution in [0.4, 0.5) is 5.69 Å². The van der Waals surface area contributed by atoms with Gasteiger partial charge in [0.1, 0.15) is 4.90 Å². The maximum absolute atomic E-state index is 11.1. The van der Waals surface area contributed by atoms with Gasteiger partial charge >= 0.3 is 0 Å². The lowest BCUT2D eigenvalue weighted by atomic mass is 10.2. The molecule has 0 spiro atoms. The maximum atomic E-state index is 11.1. The van der Waals surface area contributed by atoms with E-state index in [1.54, 1.807) is 18.2 Å². The van der Waals surface area contributed by atoms with Gasteiger partial charge in [-0.05, 0) is 31.5 Å². The average molecular weight is 258 g/mol. The smallest absolute Gasteiger partial charge is 0.296 e. The molecule has 0 aromatic heterocycles. The standard InChI is InChI=1S/C11H18N2O3S/c12-8-4-1-5-9-13-10-6-2-3-7-11(10)17(14,15)16/h2-3,6-7,13H,1,4-5,8-9,12H2,(H,14,15,16). The van der Waals surface area contributed by atoms with Crippen LogP contribution in [0.25, 0.3) is 0 Å². The van der Waals surface area contributed by atoms with Crippen LogP contribution in [-0.2, 0) is 10.1 Å². The van der Waals surface area contributed by atoms with Gasteiger partial charge in [-0.25, -0.2) is 0 Å². The Labute approximate surface area is 102 Å². The second-order valence-corrected chi connectivity index (χ2v) is 5.14. The molecule has 0 amide bonds. The Morgan fingerprint density at radius 3 is 2.53 bits per heavy atom. The highest BCUT2D eigenvalue weighted by Crippen LogP contribution is 2.20. The van der Waals surface area contributed by atoms with Crippen LogP contribution in [0.2, 0.25) is 0 Å². The fourth-order valence-electron chi connectivity index (χ4n) is 1.51. The molecule has 0 saturated carbocycles. The number of unbranched alkanes of at least 4 members (excludes halogenated alkanes) is 2. The molecule has 0 aliphatic heterocycles. The summed E-state index contributed by atoms with van der Waals surface area (Å²) in [5.74, 6) is 0. The summed E-state index contributed by atoms with van der Waals surface area (Å²) in [5.41, 5.74) is 5.80. The zero-order valence-electron chi connectivity index (χ0n) is 9.59. The van der Waals surface area contributed by atoms with Crippen LogP contribution in [-0.4, -0.2) is 26.1 Å². The predicted octanol–water partition coefficient (Wildman–Crippen LogP) is 1.47. The maximum Gasteiger partial charge on any atom is 0.296 e. The van der Waals surface area contributed by atoms with E-state index in [-0.39, 0.29) is 4.90 Å². The second-order valence-electron chi connectivity index (χ2n) is 3.75. The van der Waals surface area contributed by atoms with Gasteiger partial charge in [0.2, 0.25) is 0 Å². The molecule has 1 aromatic rings. The van der Waals surface area contributed by atoms with E-state index in [1.807, 2.05) is 0 Å². The molecule has 96 valence electrons.